The van der Waals surface area contributed by atoms with E-state index < -0.39 is 5.41 Å². The number of pyridine rings is 1. The summed E-state index contributed by atoms with van der Waals surface area (Å²) in [6.45, 7) is 4.02. The van der Waals surface area contributed by atoms with Gasteiger partial charge in [-0.05, 0) is 68.0 Å². The van der Waals surface area contributed by atoms with E-state index in [-0.39, 0.29) is 30.3 Å². The van der Waals surface area contributed by atoms with Gasteiger partial charge in [0.1, 0.15) is 12.4 Å². The van der Waals surface area contributed by atoms with E-state index in [1.54, 1.807) is 6.20 Å². The standard InChI is InChI=1S/C38H55N5O3/c1-2-3-4-5-6-7-8-9-10-11-12-13-14-19-35(45)43(32-17-15-22-39-27-32)28-34(44)41-31-21-20-29-25-38(26-30(29)24-31)33-18-16-23-40-36(33)42-37(38)46/h16,18,20-21,23-24,32,39H,2-15,17,19,22,25-28H2,1H3,(H,41,44)(H,40,42,46). The van der Waals surface area contributed by atoms with Crippen LogP contribution >= 0.6 is 0 Å². The average Bonchev–Trinajstić information content (AvgIpc) is 3.58. The molecule has 0 bridgehead atoms. The monoisotopic (exact) mass is 629 g/mol. The molecule has 1 aromatic carbocycles. The molecule has 3 amide bonds. The van der Waals surface area contributed by atoms with Gasteiger partial charge in [-0.1, -0.05) is 96.1 Å². The van der Waals surface area contributed by atoms with Gasteiger partial charge in [0.25, 0.3) is 0 Å². The van der Waals surface area contributed by atoms with E-state index >= 15 is 0 Å². The number of benzene rings is 1. The SMILES string of the molecule is CCCCCCCCCCCCCCCC(=O)N(CC(=O)Nc1ccc2c(c1)CC1(C2)C(=O)Nc2ncccc21)C1CCCNC1. The molecule has 0 radical (unpaired) electrons. The zero-order valence-corrected chi connectivity index (χ0v) is 28.0. The Kier molecular flexibility index (Phi) is 12.6. The molecule has 2 unspecified atom stereocenters. The lowest BCUT2D eigenvalue weighted by atomic mass is 9.79. The highest BCUT2D eigenvalue weighted by Crippen LogP contribution is 2.46. The van der Waals surface area contributed by atoms with Crippen molar-refractivity contribution in [1.29, 1.82) is 0 Å². The van der Waals surface area contributed by atoms with Gasteiger partial charge in [-0.2, -0.15) is 0 Å². The molecule has 2 atom stereocenters. The molecular formula is C38H55N5O3. The molecule has 1 aromatic heterocycles. The van der Waals surface area contributed by atoms with Crippen LogP contribution in [0.15, 0.2) is 36.5 Å². The average molecular weight is 630 g/mol. The fourth-order valence-corrected chi connectivity index (χ4v) is 7.66. The predicted octanol–water partition coefficient (Wildman–Crippen LogP) is 7.07. The maximum Gasteiger partial charge on any atom is 0.244 e. The van der Waals surface area contributed by atoms with Gasteiger partial charge in [-0.15, -0.1) is 0 Å². The maximum atomic E-state index is 13.4. The van der Waals surface area contributed by atoms with Crippen molar-refractivity contribution in [1.82, 2.24) is 15.2 Å². The second-order valence-corrected chi connectivity index (χ2v) is 13.8. The van der Waals surface area contributed by atoms with Crippen LogP contribution in [0.25, 0.3) is 0 Å². The Hall–Kier alpha value is -3.26. The molecule has 5 rings (SSSR count). The third kappa shape index (κ3) is 8.75. The summed E-state index contributed by atoms with van der Waals surface area (Å²) >= 11 is 0. The van der Waals surface area contributed by atoms with Crippen LogP contribution in [0.1, 0.15) is 126 Å². The molecule has 1 saturated heterocycles. The minimum Gasteiger partial charge on any atom is -0.329 e. The number of nitrogens with one attached hydrogen (secondary N) is 3. The molecule has 250 valence electrons. The van der Waals surface area contributed by atoms with Crippen molar-refractivity contribution >= 4 is 29.2 Å². The number of fused-ring (bicyclic) bond motifs is 3. The number of hydrogen-bond acceptors (Lipinski definition) is 5. The molecule has 3 N–H and O–H groups in total. The summed E-state index contributed by atoms with van der Waals surface area (Å²) in [6.07, 6.45) is 21.9. The Morgan fingerprint density at radius 2 is 1.63 bits per heavy atom. The van der Waals surface area contributed by atoms with Crippen molar-refractivity contribution in [3.05, 3.63) is 53.2 Å². The Morgan fingerprint density at radius 1 is 0.935 bits per heavy atom. The van der Waals surface area contributed by atoms with Crippen molar-refractivity contribution in [2.75, 3.05) is 30.3 Å². The summed E-state index contributed by atoms with van der Waals surface area (Å²) in [6, 6.07) is 9.83. The van der Waals surface area contributed by atoms with E-state index in [0.717, 1.165) is 55.5 Å². The molecule has 3 heterocycles. The van der Waals surface area contributed by atoms with Crippen LogP contribution in [0.3, 0.4) is 0 Å². The van der Waals surface area contributed by atoms with Gasteiger partial charge in [-0.25, -0.2) is 4.98 Å². The minimum atomic E-state index is -0.640. The highest BCUT2D eigenvalue weighted by molar-refractivity contribution is 6.06. The zero-order chi connectivity index (χ0) is 32.2. The van der Waals surface area contributed by atoms with Gasteiger partial charge >= 0.3 is 0 Å². The van der Waals surface area contributed by atoms with E-state index in [2.05, 4.69) is 27.9 Å². The predicted molar refractivity (Wildman–Crippen MR) is 185 cm³/mol. The van der Waals surface area contributed by atoms with Crippen LogP contribution in [0.4, 0.5) is 11.5 Å². The fourth-order valence-electron chi connectivity index (χ4n) is 7.66. The number of carbonyl (C=O) groups is 3. The van der Waals surface area contributed by atoms with Gasteiger partial charge in [0, 0.05) is 36.5 Å². The summed E-state index contributed by atoms with van der Waals surface area (Å²) in [5.74, 6) is 0.545. The first-order valence-electron chi connectivity index (χ1n) is 18.2. The highest BCUT2D eigenvalue weighted by atomic mass is 16.2. The molecule has 1 fully saturated rings. The number of unbranched alkanes of at least 4 members (excludes halogenated alkanes) is 12. The summed E-state index contributed by atoms with van der Waals surface area (Å²) in [5, 5.41) is 9.42. The molecule has 0 saturated carbocycles. The third-order valence-corrected chi connectivity index (χ3v) is 10.3. The Bertz CT molecular complexity index is 1320. The number of amides is 3. The van der Waals surface area contributed by atoms with E-state index in [4.69, 9.17) is 0 Å². The number of hydrogen-bond donors (Lipinski definition) is 3. The van der Waals surface area contributed by atoms with E-state index in [0.29, 0.717) is 30.8 Å². The maximum absolute atomic E-state index is 13.4. The second kappa shape index (κ2) is 17.1. The number of rotatable bonds is 18. The number of nitrogens with zero attached hydrogens (tertiary/aromatic N) is 2. The van der Waals surface area contributed by atoms with Gasteiger partial charge in [0.2, 0.25) is 17.7 Å². The lowest BCUT2D eigenvalue weighted by Crippen LogP contribution is -2.51. The smallest absolute Gasteiger partial charge is 0.244 e. The molecule has 46 heavy (non-hydrogen) atoms. The topological polar surface area (TPSA) is 103 Å². The fraction of sp³-hybridized carbons (Fsp3) is 0.632. The quantitative estimate of drug-likeness (QED) is 0.153. The normalized spacial score (nSPS) is 19.9. The van der Waals surface area contributed by atoms with Crippen molar-refractivity contribution in [2.45, 2.75) is 134 Å². The first kappa shape index (κ1) is 34.1. The first-order chi connectivity index (χ1) is 22.5. The number of anilines is 2. The van der Waals surface area contributed by atoms with Gasteiger partial charge in [0.15, 0.2) is 0 Å². The van der Waals surface area contributed by atoms with Crippen LogP contribution in [0.5, 0.6) is 0 Å². The molecule has 8 heteroatoms. The van der Waals surface area contributed by atoms with Crippen LogP contribution < -0.4 is 16.0 Å². The molecule has 1 spiro atoms. The van der Waals surface area contributed by atoms with Crippen molar-refractivity contribution in [3.63, 3.8) is 0 Å². The summed E-state index contributed by atoms with van der Waals surface area (Å²) in [4.78, 5) is 46.0. The van der Waals surface area contributed by atoms with Crippen LogP contribution in [0, 0.1) is 0 Å². The first-order valence-corrected chi connectivity index (χ1v) is 18.2. The Balaban J connectivity index is 1.07. The number of carbonyl (C=O) groups excluding carboxylic acids is 3. The third-order valence-electron chi connectivity index (χ3n) is 10.3. The lowest BCUT2D eigenvalue weighted by molar-refractivity contribution is -0.137. The molecule has 3 aliphatic rings. The summed E-state index contributed by atoms with van der Waals surface area (Å²) in [7, 11) is 0. The summed E-state index contributed by atoms with van der Waals surface area (Å²) in [5.41, 5.74) is 3.19. The van der Waals surface area contributed by atoms with Crippen LogP contribution in [-0.4, -0.2) is 53.3 Å². The second-order valence-electron chi connectivity index (χ2n) is 13.8. The highest BCUT2D eigenvalue weighted by Gasteiger charge is 2.51. The molecule has 8 nitrogen and oxygen atoms in total. The van der Waals surface area contributed by atoms with E-state index in [9.17, 15) is 14.4 Å². The summed E-state index contributed by atoms with van der Waals surface area (Å²) < 4.78 is 0. The van der Waals surface area contributed by atoms with E-state index in [1.165, 1.54) is 70.6 Å². The van der Waals surface area contributed by atoms with Crippen molar-refractivity contribution < 1.29 is 14.4 Å². The molecule has 2 aromatic rings. The minimum absolute atomic E-state index is 0.0123. The largest absolute Gasteiger partial charge is 0.329 e. The van der Waals surface area contributed by atoms with Crippen molar-refractivity contribution in [3.8, 4) is 0 Å². The van der Waals surface area contributed by atoms with E-state index in [1.807, 2.05) is 35.2 Å². The Morgan fingerprint density at radius 3 is 2.33 bits per heavy atom. The Labute approximate surface area is 275 Å². The zero-order valence-electron chi connectivity index (χ0n) is 28.0. The van der Waals surface area contributed by atoms with Gasteiger partial charge in [-0.3, -0.25) is 14.4 Å². The number of aromatic nitrogens is 1. The van der Waals surface area contributed by atoms with Crippen LogP contribution in [0.2, 0.25) is 0 Å². The lowest BCUT2D eigenvalue weighted by Gasteiger charge is -2.34. The van der Waals surface area contributed by atoms with Crippen LogP contribution in [-0.2, 0) is 32.6 Å². The van der Waals surface area contributed by atoms with Gasteiger partial charge in [0.05, 0.1) is 5.41 Å². The van der Waals surface area contributed by atoms with Gasteiger partial charge < -0.3 is 20.9 Å². The molecule has 2 aliphatic heterocycles. The molecule has 1 aliphatic carbocycles. The molecular weight excluding hydrogens is 574 g/mol. The number of piperidine rings is 1. The van der Waals surface area contributed by atoms with Crippen molar-refractivity contribution in [2.24, 2.45) is 0 Å².